The summed E-state index contributed by atoms with van der Waals surface area (Å²) in [5.74, 6) is 0. The van der Waals surface area contributed by atoms with Crippen molar-refractivity contribution in [1.82, 2.24) is 0 Å². The molecular weight excluding hydrogens is 252 g/mol. The van der Waals surface area contributed by atoms with Gasteiger partial charge in [0.1, 0.15) is 0 Å². The molecule has 0 amide bonds. The molecule has 2 rings (SSSR count). The van der Waals surface area contributed by atoms with Gasteiger partial charge < -0.3 is 0 Å². The van der Waals surface area contributed by atoms with Crippen LogP contribution in [0.15, 0.2) is 42.0 Å². The van der Waals surface area contributed by atoms with E-state index >= 15 is 0 Å². The van der Waals surface area contributed by atoms with Gasteiger partial charge in [0.05, 0.1) is 11.0 Å². The van der Waals surface area contributed by atoms with E-state index in [1.54, 1.807) is 18.2 Å². The minimum Gasteiger partial charge on any atom is -0.258 e. The molecule has 1 aliphatic rings. The molecule has 1 aliphatic carbocycles. The van der Waals surface area contributed by atoms with Crippen LogP contribution in [-0.2, 0) is 0 Å². The number of allylic oxidation sites excluding steroid dienone is 4. The van der Waals surface area contributed by atoms with Gasteiger partial charge >= 0.3 is 0 Å². The molecule has 0 atom stereocenters. The van der Waals surface area contributed by atoms with E-state index in [-0.39, 0.29) is 11.1 Å². The number of nitro benzene ring substituents is 1. The Morgan fingerprint density at radius 3 is 2.50 bits per heavy atom. The zero-order valence-corrected chi connectivity index (χ0v) is 11.6. The molecule has 0 fully saturated rings. The highest BCUT2D eigenvalue weighted by Gasteiger charge is 2.26. The molecule has 0 aromatic heterocycles. The number of non-ortho nitro benzene ring substituents is 1. The molecule has 1 aromatic rings. The topological polar surface area (TPSA) is 66.9 Å². The first-order valence-electron chi connectivity index (χ1n) is 6.45. The summed E-state index contributed by atoms with van der Waals surface area (Å²) >= 11 is 0. The maximum absolute atomic E-state index is 10.7. The van der Waals surface area contributed by atoms with E-state index in [0.29, 0.717) is 0 Å². The van der Waals surface area contributed by atoms with Crippen LogP contribution in [0.5, 0.6) is 0 Å². The zero-order chi connectivity index (χ0) is 14.8. The van der Waals surface area contributed by atoms with E-state index in [2.05, 4.69) is 19.9 Å². The number of rotatable bonds is 2. The summed E-state index contributed by atoms with van der Waals surface area (Å²) in [6.07, 6.45) is 5.37. The zero-order valence-electron chi connectivity index (χ0n) is 11.6. The number of benzene rings is 1. The Labute approximate surface area is 118 Å². The monoisotopic (exact) mass is 268 g/mol. The maximum atomic E-state index is 10.7. The van der Waals surface area contributed by atoms with Crippen molar-refractivity contribution in [1.29, 1.82) is 5.26 Å². The summed E-state index contributed by atoms with van der Waals surface area (Å²) in [6, 6.07) is 8.66. The van der Waals surface area contributed by atoms with Gasteiger partial charge in [-0.3, -0.25) is 10.1 Å². The average Bonchev–Trinajstić information content (AvgIpc) is 2.37. The van der Waals surface area contributed by atoms with Gasteiger partial charge in [-0.25, -0.2) is 0 Å². The van der Waals surface area contributed by atoms with Crippen LogP contribution < -0.4 is 0 Å². The van der Waals surface area contributed by atoms with Crippen LogP contribution in [0.1, 0.15) is 32.3 Å². The van der Waals surface area contributed by atoms with Gasteiger partial charge in [-0.05, 0) is 47.1 Å². The van der Waals surface area contributed by atoms with E-state index < -0.39 is 4.92 Å². The molecule has 0 unspecified atom stereocenters. The Balaban J connectivity index is 2.38. The standard InChI is InChI=1S/C16H16N2O2/c1-16(2)10-12(7-8-17)9-14(11-16)13-3-5-15(6-4-13)18(19)20/h3-7,9H,10-11H2,1-2H3/b12-7-. The van der Waals surface area contributed by atoms with Gasteiger partial charge in [-0.2, -0.15) is 5.26 Å². The molecule has 1 aromatic carbocycles. The molecule has 0 bridgehead atoms. The predicted molar refractivity (Wildman–Crippen MR) is 77.8 cm³/mol. The Kier molecular flexibility index (Phi) is 3.71. The molecule has 4 heteroatoms. The molecule has 0 saturated heterocycles. The van der Waals surface area contributed by atoms with E-state index in [1.807, 2.05) is 6.08 Å². The van der Waals surface area contributed by atoms with Crippen LogP contribution in [0.4, 0.5) is 5.69 Å². The number of nitriles is 1. The molecule has 0 heterocycles. The average molecular weight is 268 g/mol. The third kappa shape index (κ3) is 3.12. The summed E-state index contributed by atoms with van der Waals surface area (Å²) in [6.45, 7) is 4.33. The lowest BCUT2D eigenvalue weighted by Crippen LogP contribution is -2.16. The summed E-state index contributed by atoms with van der Waals surface area (Å²) < 4.78 is 0. The lowest BCUT2D eigenvalue weighted by molar-refractivity contribution is -0.384. The Hall–Kier alpha value is -2.41. The van der Waals surface area contributed by atoms with Crippen molar-refractivity contribution in [3.05, 3.63) is 57.7 Å². The quantitative estimate of drug-likeness (QED) is 0.457. The molecule has 0 aliphatic heterocycles. The second kappa shape index (κ2) is 5.30. The first kappa shape index (κ1) is 14.0. The lowest BCUT2D eigenvalue weighted by atomic mass is 9.73. The van der Waals surface area contributed by atoms with Crippen molar-refractivity contribution in [2.24, 2.45) is 5.41 Å². The lowest BCUT2D eigenvalue weighted by Gasteiger charge is -2.31. The number of nitro groups is 1. The molecule has 0 spiro atoms. The smallest absolute Gasteiger partial charge is 0.258 e. The minimum absolute atomic E-state index is 0.0918. The number of hydrogen-bond donors (Lipinski definition) is 0. The highest BCUT2D eigenvalue weighted by molar-refractivity contribution is 5.71. The van der Waals surface area contributed by atoms with Crippen molar-refractivity contribution < 1.29 is 4.92 Å². The highest BCUT2D eigenvalue weighted by Crippen LogP contribution is 2.41. The van der Waals surface area contributed by atoms with Crippen LogP contribution in [-0.4, -0.2) is 4.92 Å². The van der Waals surface area contributed by atoms with Crippen LogP contribution in [0, 0.1) is 26.9 Å². The van der Waals surface area contributed by atoms with Gasteiger partial charge in [-0.1, -0.05) is 19.9 Å². The second-order valence-corrected chi connectivity index (χ2v) is 5.84. The van der Waals surface area contributed by atoms with Gasteiger partial charge in [-0.15, -0.1) is 0 Å². The van der Waals surface area contributed by atoms with Crippen LogP contribution in [0.25, 0.3) is 5.57 Å². The summed E-state index contributed by atoms with van der Waals surface area (Å²) in [7, 11) is 0. The summed E-state index contributed by atoms with van der Waals surface area (Å²) in [5.41, 5.74) is 3.30. The van der Waals surface area contributed by atoms with Crippen LogP contribution in [0.2, 0.25) is 0 Å². The minimum atomic E-state index is -0.399. The van der Waals surface area contributed by atoms with E-state index in [4.69, 9.17) is 5.26 Å². The molecular formula is C16H16N2O2. The Morgan fingerprint density at radius 1 is 1.30 bits per heavy atom. The fourth-order valence-electron chi connectivity index (χ4n) is 2.61. The van der Waals surface area contributed by atoms with E-state index in [0.717, 1.165) is 29.6 Å². The predicted octanol–water partition coefficient (Wildman–Crippen LogP) is 4.25. The van der Waals surface area contributed by atoms with Crippen molar-refractivity contribution >= 4 is 11.3 Å². The first-order chi connectivity index (χ1) is 9.41. The highest BCUT2D eigenvalue weighted by atomic mass is 16.6. The fourth-order valence-corrected chi connectivity index (χ4v) is 2.61. The maximum Gasteiger partial charge on any atom is 0.269 e. The summed E-state index contributed by atoms with van der Waals surface area (Å²) in [4.78, 5) is 10.3. The van der Waals surface area contributed by atoms with Gasteiger partial charge in [0, 0.05) is 18.2 Å². The van der Waals surface area contributed by atoms with Gasteiger partial charge in [0.15, 0.2) is 0 Å². The first-order valence-corrected chi connectivity index (χ1v) is 6.45. The van der Waals surface area contributed by atoms with Crippen molar-refractivity contribution in [3.8, 4) is 6.07 Å². The molecule has 102 valence electrons. The van der Waals surface area contributed by atoms with Crippen LogP contribution >= 0.6 is 0 Å². The second-order valence-electron chi connectivity index (χ2n) is 5.84. The molecule has 20 heavy (non-hydrogen) atoms. The third-order valence-electron chi connectivity index (χ3n) is 3.41. The van der Waals surface area contributed by atoms with Gasteiger partial charge in [0.2, 0.25) is 0 Å². The third-order valence-corrected chi connectivity index (χ3v) is 3.41. The molecule has 0 saturated carbocycles. The molecule has 0 radical (unpaired) electrons. The van der Waals surface area contributed by atoms with Crippen molar-refractivity contribution in [2.75, 3.05) is 0 Å². The largest absolute Gasteiger partial charge is 0.269 e. The molecule has 0 N–H and O–H groups in total. The molecule has 4 nitrogen and oxygen atoms in total. The fraction of sp³-hybridized carbons (Fsp3) is 0.312. The van der Waals surface area contributed by atoms with E-state index in [9.17, 15) is 10.1 Å². The van der Waals surface area contributed by atoms with Crippen LogP contribution in [0.3, 0.4) is 0 Å². The Morgan fingerprint density at radius 2 is 1.95 bits per heavy atom. The number of hydrogen-bond acceptors (Lipinski definition) is 3. The van der Waals surface area contributed by atoms with Crippen molar-refractivity contribution in [3.63, 3.8) is 0 Å². The van der Waals surface area contributed by atoms with Gasteiger partial charge in [0.25, 0.3) is 5.69 Å². The Bertz CT molecular complexity index is 631. The SMILES string of the molecule is CC1(C)CC(c2ccc([N+](=O)[O-])cc2)=C/C(=C/C#N)C1. The normalized spacial score (nSPS) is 19.2. The summed E-state index contributed by atoms with van der Waals surface area (Å²) in [5, 5.41) is 19.5. The number of nitrogens with zero attached hydrogens (tertiary/aromatic N) is 2. The van der Waals surface area contributed by atoms with Crippen molar-refractivity contribution in [2.45, 2.75) is 26.7 Å². The van der Waals surface area contributed by atoms with E-state index in [1.165, 1.54) is 12.1 Å².